The number of alkyl carbamates (subject to hydrolysis) is 1. The number of esters is 1. The van der Waals surface area contributed by atoms with E-state index < -0.39 is 91.8 Å². The summed E-state index contributed by atoms with van der Waals surface area (Å²) in [6.07, 6.45) is 2.31. The van der Waals surface area contributed by atoms with Crippen LogP contribution in [0.2, 0.25) is 0 Å². The lowest BCUT2D eigenvalue weighted by Gasteiger charge is -2.36. The number of carbonyl (C=O) groups is 6. The van der Waals surface area contributed by atoms with E-state index in [4.69, 9.17) is 14.2 Å². The number of nitrogens with zero attached hydrogens (tertiary/aromatic N) is 2. The van der Waals surface area contributed by atoms with E-state index >= 15 is 0 Å². The van der Waals surface area contributed by atoms with Crippen LogP contribution in [0.15, 0.2) is 30.9 Å². The molecule has 0 aromatic heterocycles. The van der Waals surface area contributed by atoms with E-state index in [-0.39, 0.29) is 31.6 Å². The molecule has 4 fully saturated rings. The van der Waals surface area contributed by atoms with E-state index in [9.17, 15) is 37.2 Å². The van der Waals surface area contributed by atoms with Crippen LogP contribution >= 0.6 is 0 Å². The molecule has 17 nitrogen and oxygen atoms in total. The molecule has 5 atom stereocenters. The van der Waals surface area contributed by atoms with Crippen molar-refractivity contribution in [2.75, 3.05) is 36.5 Å². The number of piperidine rings is 1. The number of nitrogens with one attached hydrogen (secondary N) is 4. The highest BCUT2D eigenvalue weighted by Crippen LogP contribution is 2.45. The molecule has 2 saturated heterocycles. The summed E-state index contributed by atoms with van der Waals surface area (Å²) in [5.74, 6) is -3.53. The smallest absolute Gasteiger partial charge is 0.412 e. The van der Waals surface area contributed by atoms with Gasteiger partial charge in [-0.25, -0.2) is 22.8 Å². The zero-order valence-corrected chi connectivity index (χ0v) is 35.3. The van der Waals surface area contributed by atoms with Gasteiger partial charge in [0.2, 0.25) is 21.8 Å². The lowest BCUT2D eigenvalue weighted by atomic mass is 9.85. The summed E-state index contributed by atoms with van der Waals surface area (Å²) in [7, 11) is -3.96. The SMILES string of the molecule is C=CC1CC1(NC(=O)C1CC(OC(=O)Nc2cc(C(=O)OCC)ccc2N2CCCCC2)CN1C(=O)C(NC(=O)OC(C)(C)C)C(C)(C)C)C(=O)NS(=O)(=O)C1CC1. The molecule has 5 amide bonds. The molecule has 2 aliphatic heterocycles. The van der Waals surface area contributed by atoms with Crippen molar-refractivity contribution in [2.45, 2.75) is 128 Å². The largest absolute Gasteiger partial charge is 0.462 e. The van der Waals surface area contributed by atoms with E-state index in [2.05, 4.69) is 32.2 Å². The first-order chi connectivity index (χ1) is 27.1. The van der Waals surface area contributed by atoms with Gasteiger partial charge in [-0.1, -0.05) is 26.8 Å². The van der Waals surface area contributed by atoms with E-state index in [0.717, 1.165) is 32.4 Å². The fourth-order valence-corrected chi connectivity index (χ4v) is 8.68. The van der Waals surface area contributed by atoms with Gasteiger partial charge >= 0.3 is 18.2 Å². The van der Waals surface area contributed by atoms with E-state index in [1.807, 2.05) is 0 Å². The number of sulfonamides is 1. The molecule has 58 heavy (non-hydrogen) atoms. The van der Waals surface area contributed by atoms with Crippen molar-refractivity contribution >= 4 is 57.3 Å². The highest BCUT2D eigenvalue weighted by molar-refractivity contribution is 7.91. The second kappa shape index (κ2) is 17.2. The van der Waals surface area contributed by atoms with Crippen molar-refractivity contribution in [2.24, 2.45) is 11.3 Å². The first-order valence-electron chi connectivity index (χ1n) is 19.9. The summed E-state index contributed by atoms with van der Waals surface area (Å²) in [5.41, 5.74) is -2.21. The van der Waals surface area contributed by atoms with Gasteiger partial charge in [-0.15, -0.1) is 6.58 Å². The summed E-state index contributed by atoms with van der Waals surface area (Å²) >= 11 is 0. The van der Waals surface area contributed by atoms with Crippen molar-refractivity contribution in [1.82, 2.24) is 20.3 Å². The number of carbonyl (C=O) groups excluding carboxylic acids is 6. The predicted molar refractivity (Wildman–Crippen MR) is 214 cm³/mol. The number of rotatable bonds is 13. The second-order valence-corrected chi connectivity index (χ2v) is 19.5. The van der Waals surface area contributed by atoms with Crippen molar-refractivity contribution in [3.8, 4) is 0 Å². The van der Waals surface area contributed by atoms with Crippen LogP contribution in [0.5, 0.6) is 0 Å². The number of anilines is 2. The quantitative estimate of drug-likeness (QED) is 0.126. The fraction of sp³-hybridized carbons (Fsp3) is 0.650. The van der Waals surface area contributed by atoms with Crippen LogP contribution in [0.3, 0.4) is 0 Å². The Morgan fingerprint density at radius 1 is 1.00 bits per heavy atom. The highest BCUT2D eigenvalue weighted by atomic mass is 32.2. The molecule has 0 spiro atoms. The molecule has 5 rings (SSSR count). The monoisotopic (exact) mass is 830 g/mol. The number of hydrogen-bond donors (Lipinski definition) is 4. The fourth-order valence-electron chi connectivity index (χ4n) is 7.31. The van der Waals surface area contributed by atoms with Crippen LogP contribution in [-0.4, -0.2) is 110 Å². The van der Waals surface area contributed by atoms with Gasteiger partial charge in [0.25, 0.3) is 5.91 Å². The van der Waals surface area contributed by atoms with E-state index in [1.165, 1.54) is 17.0 Å². The van der Waals surface area contributed by atoms with Crippen LogP contribution in [-0.2, 0) is 38.6 Å². The number of amides is 5. The zero-order valence-electron chi connectivity index (χ0n) is 34.5. The second-order valence-electron chi connectivity index (χ2n) is 17.5. The Morgan fingerprint density at radius 2 is 1.67 bits per heavy atom. The van der Waals surface area contributed by atoms with Crippen LogP contribution in [0.25, 0.3) is 0 Å². The van der Waals surface area contributed by atoms with E-state index in [1.54, 1.807) is 60.6 Å². The molecule has 0 radical (unpaired) electrons. The normalized spacial score (nSPS) is 23.8. The number of ether oxygens (including phenoxy) is 3. The topological polar surface area (TPSA) is 219 Å². The van der Waals surface area contributed by atoms with Gasteiger partial charge < -0.3 is 34.6 Å². The minimum atomic E-state index is -3.96. The molecule has 2 aliphatic carbocycles. The highest BCUT2D eigenvalue weighted by Gasteiger charge is 2.62. The lowest BCUT2D eigenvalue weighted by Crippen LogP contribution is -2.60. The van der Waals surface area contributed by atoms with Gasteiger partial charge in [0.05, 0.1) is 35.3 Å². The Hall–Kier alpha value is -4.87. The summed E-state index contributed by atoms with van der Waals surface area (Å²) in [6, 6.07) is 2.35. The molecule has 4 aliphatic rings. The first-order valence-corrected chi connectivity index (χ1v) is 21.5. The van der Waals surface area contributed by atoms with E-state index in [0.29, 0.717) is 24.2 Å². The van der Waals surface area contributed by atoms with Crippen molar-refractivity contribution in [1.29, 1.82) is 0 Å². The van der Waals surface area contributed by atoms with Crippen molar-refractivity contribution < 1.29 is 51.4 Å². The maximum atomic E-state index is 14.5. The molecule has 2 heterocycles. The van der Waals surface area contributed by atoms with Gasteiger partial charge in [0.1, 0.15) is 29.3 Å². The predicted octanol–water partition coefficient (Wildman–Crippen LogP) is 3.98. The molecule has 4 N–H and O–H groups in total. The molecule has 2 saturated carbocycles. The standard InChI is InChI=1S/C40H58N6O11S/c1-9-25-22-40(25,35(50)44-58(53,54)27-15-16-27)43-32(47)30-21-26(23-46(30)33(48)31(38(3,4)5)42-37(52)57-39(6,7)8)56-36(51)41-28-20-24(34(49)55-10-2)14-17-29(28)45-18-12-11-13-19-45/h9,14,17,20,25-27,30-31H,1,10-13,15-16,18-19,21-23H2,2-8H3,(H,41,51)(H,42,52)(H,43,47)(H,44,50). The van der Waals surface area contributed by atoms with Gasteiger partial charge in [-0.3, -0.25) is 24.4 Å². The Kier molecular flexibility index (Phi) is 13.1. The van der Waals surface area contributed by atoms with Crippen LogP contribution in [0.4, 0.5) is 21.0 Å². The molecule has 1 aromatic rings. The maximum absolute atomic E-state index is 14.5. The summed E-state index contributed by atoms with van der Waals surface area (Å²) in [4.78, 5) is 84.9. The molecular weight excluding hydrogens is 773 g/mol. The first kappa shape index (κ1) is 44.2. The minimum Gasteiger partial charge on any atom is -0.462 e. The molecule has 18 heteroatoms. The van der Waals surface area contributed by atoms with Crippen molar-refractivity contribution in [3.05, 3.63) is 36.4 Å². The summed E-state index contributed by atoms with van der Waals surface area (Å²) < 4.78 is 44.0. The van der Waals surface area contributed by atoms with Crippen LogP contribution in [0.1, 0.15) is 104 Å². The average molecular weight is 831 g/mol. The summed E-state index contributed by atoms with van der Waals surface area (Å²) in [5, 5.41) is 7.43. The number of hydrogen-bond acceptors (Lipinski definition) is 12. The van der Waals surface area contributed by atoms with Gasteiger partial charge in [-0.2, -0.15) is 0 Å². The van der Waals surface area contributed by atoms with Gasteiger partial charge in [0, 0.05) is 25.4 Å². The third-order valence-corrected chi connectivity index (χ3v) is 12.4. The molecular formula is C40H58N6O11S. The number of likely N-dealkylation sites (tertiary alicyclic amines) is 1. The Morgan fingerprint density at radius 3 is 2.24 bits per heavy atom. The van der Waals surface area contributed by atoms with Crippen LogP contribution < -0.4 is 25.6 Å². The van der Waals surface area contributed by atoms with Crippen molar-refractivity contribution in [3.63, 3.8) is 0 Å². The average Bonchev–Trinajstić information content (AvgIpc) is 4.06. The molecule has 0 bridgehead atoms. The van der Waals surface area contributed by atoms with Gasteiger partial charge in [0.15, 0.2) is 0 Å². The Balaban J connectivity index is 1.41. The minimum absolute atomic E-state index is 0.0757. The maximum Gasteiger partial charge on any atom is 0.412 e. The zero-order chi connectivity index (χ0) is 42.8. The Labute approximate surface area is 340 Å². The molecule has 320 valence electrons. The summed E-state index contributed by atoms with van der Waals surface area (Å²) in [6.45, 7) is 17.0. The number of benzene rings is 1. The lowest BCUT2D eigenvalue weighted by molar-refractivity contribution is -0.143. The molecule has 5 unspecified atom stereocenters. The van der Waals surface area contributed by atoms with Crippen LogP contribution in [0, 0.1) is 11.3 Å². The van der Waals surface area contributed by atoms with Gasteiger partial charge in [-0.05, 0) is 89.8 Å². The Bertz CT molecular complexity index is 1900. The third kappa shape index (κ3) is 10.6. The molecule has 1 aromatic carbocycles. The third-order valence-electron chi connectivity index (χ3n) is 10.6.